The van der Waals surface area contributed by atoms with E-state index in [-0.39, 0.29) is 23.5 Å². The van der Waals surface area contributed by atoms with Crippen molar-refractivity contribution in [2.24, 2.45) is 4.99 Å². The van der Waals surface area contributed by atoms with E-state index in [9.17, 15) is 4.79 Å². The summed E-state index contributed by atoms with van der Waals surface area (Å²) in [5, 5.41) is 6.18. The highest BCUT2D eigenvalue weighted by Crippen LogP contribution is 2.28. The van der Waals surface area contributed by atoms with E-state index in [2.05, 4.69) is 11.0 Å². The van der Waals surface area contributed by atoms with Crippen LogP contribution in [-0.2, 0) is 0 Å². The van der Waals surface area contributed by atoms with Crippen molar-refractivity contribution >= 4 is 28.2 Å². The van der Waals surface area contributed by atoms with Gasteiger partial charge < -0.3 is 10.5 Å². The molecule has 2 N–H and O–H groups in total. The van der Waals surface area contributed by atoms with Crippen molar-refractivity contribution in [2.75, 3.05) is 12.8 Å². The number of fused-ring (bicyclic) bond motifs is 1. The Balaban J connectivity index is 1.86. The number of rotatable bonds is 4. The summed E-state index contributed by atoms with van der Waals surface area (Å²) < 4.78 is 6.87. The predicted molar refractivity (Wildman–Crippen MR) is 114 cm³/mol. The molecule has 3 aromatic rings. The molecule has 1 aliphatic carbocycles. The maximum atomic E-state index is 13.6. The van der Waals surface area contributed by atoms with Crippen molar-refractivity contribution in [3.8, 4) is 18.1 Å². The number of terminal acetylenes is 1. The molecule has 0 saturated heterocycles. The highest BCUT2D eigenvalue weighted by Gasteiger charge is 2.26. The number of aromatic nitrogens is 2. The van der Waals surface area contributed by atoms with E-state index in [0.29, 0.717) is 16.9 Å². The second kappa shape index (κ2) is 7.80. The molecule has 4 rings (SSSR count). The molecule has 0 unspecified atom stereocenters. The lowest BCUT2D eigenvalue weighted by Gasteiger charge is -2.14. The standard InChI is InChI=1S/C23H22N4O2/c1-3-15-14-25-27(22(15)24)23(26-18-10-6-7-11-18)21(28)19-12-16-8-4-5-9-17(16)13-20(19)29-2/h1,4-5,8-9,12-14,18H,6-7,10-11,24H2,2H3. The summed E-state index contributed by atoms with van der Waals surface area (Å²) in [4.78, 5) is 18.4. The first-order valence-corrected chi connectivity index (χ1v) is 9.62. The number of hydrogen-bond acceptors (Lipinski definition) is 5. The summed E-state index contributed by atoms with van der Waals surface area (Å²) in [6, 6.07) is 11.6. The summed E-state index contributed by atoms with van der Waals surface area (Å²) in [5.74, 6) is 3.08. The summed E-state index contributed by atoms with van der Waals surface area (Å²) >= 11 is 0. The lowest BCUT2D eigenvalue weighted by molar-refractivity contribution is 0.105. The van der Waals surface area contributed by atoms with E-state index in [0.717, 1.165) is 36.5 Å². The summed E-state index contributed by atoms with van der Waals surface area (Å²) in [7, 11) is 1.55. The Kier molecular flexibility index (Phi) is 5.05. The molecule has 0 spiro atoms. The van der Waals surface area contributed by atoms with E-state index < -0.39 is 0 Å². The van der Waals surface area contributed by atoms with Gasteiger partial charge in [-0.2, -0.15) is 9.78 Å². The molecule has 6 heteroatoms. The van der Waals surface area contributed by atoms with Crippen LogP contribution in [0.2, 0.25) is 0 Å². The second-order valence-electron chi connectivity index (χ2n) is 7.12. The first kappa shape index (κ1) is 18.8. The number of carbonyl (C=O) groups excluding carboxylic acids is 1. The van der Waals surface area contributed by atoms with E-state index in [4.69, 9.17) is 21.9 Å². The lowest BCUT2D eigenvalue weighted by atomic mass is 10.0. The van der Waals surface area contributed by atoms with Crippen LogP contribution in [0.15, 0.2) is 47.6 Å². The van der Waals surface area contributed by atoms with Crippen LogP contribution in [0.1, 0.15) is 41.6 Å². The zero-order chi connectivity index (χ0) is 20.4. The number of aliphatic imine (C=N–C) groups is 1. The smallest absolute Gasteiger partial charge is 0.233 e. The van der Waals surface area contributed by atoms with E-state index >= 15 is 0 Å². The fraction of sp³-hybridized carbons (Fsp3) is 0.261. The van der Waals surface area contributed by atoms with Gasteiger partial charge in [-0.25, -0.2) is 0 Å². The summed E-state index contributed by atoms with van der Waals surface area (Å²) in [5.41, 5.74) is 7.01. The number of methoxy groups -OCH3 is 1. The minimum absolute atomic E-state index is 0.0679. The highest BCUT2D eigenvalue weighted by atomic mass is 16.5. The molecule has 0 amide bonds. The Morgan fingerprint density at radius 3 is 2.59 bits per heavy atom. The number of nitrogen functional groups attached to an aromatic ring is 1. The van der Waals surface area contributed by atoms with Crippen molar-refractivity contribution in [3.63, 3.8) is 0 Å². The Labute approximate surface area is 169 Å². The zero-order valence-corrected chi connectivity index (χ0v) is 16.3. The van der Waals surface area contributed by atoms with Crippen molar-refractivity contribution in [3.05, 3.63) is 53.7 Å². The number of ketones is 1. The van der Waals surface area contributed by atoms with Gasteiger partial charge in [0.15, 0.2) is 5.84 Å². The molecule has 29 heavy (non-hydrogen) atoms. The molecule has 146 valence electrons. The number of Topliss-reactive ketones (excluding diaryl/α,β-unsaturated/α-hetero) is 1. The first-order chi connectivity index (χ1) is 14.1. The number of benzene rings is 2. The van der Waals surface area contributed by atoms with Crippen molar-refractivity contribution in [2.45, 2.75) is 31.7 Å². The number of anilines is 1. The van der Waals surface area contributed by atoms with Crippen LogP contribution in [0.4, 0.5) is 5.82 Å². The van der Waals surface area contributed by atoms with Gasteiger partial charge >= 0.3 is 0 Å². The maximum absolute atomic E-state index is 13.6. The van der Waals surface area contributed by atoms with Crippen molar-refractivity contribution in [1.29, 1.82) is 0 Å². The van der Waals surface area contributed by atoms with Gasteiger partial charge in [-0.05, 0) is 35.7 Å². The molecule has 0 aliphatic heterocycles. The van der Waals surface area contributed by atoms with Crippen LogP contribution in [0, 0.1) is 12.3 Å². The summed E-state index contributed by atoms with van der Waals surface area (Å²) in [6.07, 6.45) is 11.0. The molecule has 0 atom stereocenters. The Morgan fingerprint density at radius 2 is 1.97 bits per heavy atom. The minimum Gasteiger partial charge on any atom is -0.496 e. The minimum atomic E-state index is -0.294. The van der Waals surface area contributed by atoms with Crippen molar-refractivity contribution < 1.29 is 9.53 Å². The molecule has 0 bridgehead atoms. The third-order valence-corrected chi connectivity index (χ3v) is 5.31. The van der Waals surface area contributed by atoms with Crippen LogP contribution >= 0.6 is 0 Å². The molecule has 1 fully saturated rings. The third-order valence-electron chi connectivity index (χ3n) is 5.31. The summed E-state index contributed by atoms with van der Waals surface area (Å²) in [6.45, 7) is 0. The van der Waals surface area contributed by atoms with Gasteiger partial charge in [0.1, 0.15) is 11.6 Å². The fourth-order valence-corrected chi connectivity index (χ4v) is 3.74. The molecule has 6 nitrogen and oxygen atoms in total. The lowest BCUT2D eigenvalue weighted by Crippen LogP contribution is -2.28. The van der Waals surface area contributed by atoms with Crippen LogP contribution in [0.5, 0.6) is 5.75 Å². The molecule has 1 heterocycles. The fourth-order valence-electron chi connectivity index (χ4n) is 3.74. The Bertz CT molecular complexity index is 1150. The van der Waals surface area contributed by atoms with E-state index in [1.54, 1.807) is 7.11 Å². The van der Waals surface area contributed by atoms with Crippen molar-refractivity contribution in [1.82, 2.24) is 9.78 Å². The van der Waals surface area contributed by atoms with Gasteiger partial charge in [-0.15, -0.1) is 6.42 Å². The molecule has 1 aromatic heterocycles. The molecule has 1 aliphatic rings. The average Bonchev–Trinajstić information content (AvgIpc) is 3.39. The van der Waals surface area contributed by atoms with Gasteiger partial charge in [-0.3, -0.25) is 9.79 Å². The second-order valence-corrected chi connectivity index (χ2v) is 7.12. The molecule has 0 radical (unpaired) electrons. The van der Waals surface area contributed by atoms with Gasteiger partial charge in [0.25, 0.3) is 0 Å². The monoisotopic (exact) mass is 386 g/mol. The molecular formula is C23H22N4O2. The quantitative estimate of drug-likeness (QED) is 0.321. The van der Waals surface area contributed by atoms with Gasteiger partial charge in [0.2, 0.25) is 5.78 Å². The predicted octanol–water partition coefficient (Wildman–Crippen LogP) is 3.68. The largest absolute Gasteiger partial charge is 0.496 e. The van der Waals surface area contributed by atoms with E-state index in [1.807, 2.05) is 36.4 Å². The van der Waals surface area contributed by atoms with Crippen LogP contribution in [-0.4, -0.2) is 34.6 Å². The zero-order valence-electron chi connectivity index (χ0n) is 16.3. The van der Waals surface area contributed by atoms with Crippen LogP contribution in [0.25, 0.3) is 10.8 Å². The van der Waals surface area contributed by atoms with Crippen LogP contribution in [0.3, 0.4) is 0 Å². The Hall–Kier alpha value is -3.59. The maximum Gasteiger partial charge on any atom is 0.233 e. The van der Waals surface area contributed by atoms with Gasteiger partial charge in [0.05, 0.1) is 30.5 Å². The third kappa shape index (κ3) is 3.47. The SMILES string of the molecule is C#Cc1cnn(C(=NC2CCCC2)C(=O)c2cc3ccccc3cc2OC)c1N. The number of nitrogens with two attached hydrogens (primary N) is 1. The first-order valence-electron chi connectivity index (χ1n) is 9.62. The molecule has 2 aromatic carbocycles. The number of ether oxygens (including phenoxy) is 1. The number of carbonyl (C=O) groups is 1. The Morgan fingerprint density at radius 1 is 1.28 bits per heavy atom. The average molecular weight is 386 g/mol. The van der Waals surface area contributed by atoms with E-state index in [1.165, 1.54) is 10.9 Å². The van der Waals surface area contributed by atoms with Crippen LogP contribution < -0.4 is 10.5 Å². The van der Waals surface area contributed by atoms with Gasteiger partial charge in [-0.1, -0.05) is 43.0 Å². The van der Waals surface area contributed by atoms with Gasteiger partial charge in [0, 0.05) is 0 Å². The molecular weight excluding hydrogens is 364 g/mol. The number of hydrogen-bond donors (Lipinski definition) is 1. The topological polar surface area (TPSA) is 82.5 Å². The molecule has 1 saturated carbocycles. The number of nitrogens with zero attached hydrogens (tertiary/aromatic N) is 3. The normalized spacial score (nSPS) is 14.8. The highest BCUT2D eigenvalue weighted by molar-refractivity contribution is 6.46.